The summed E-state index contributed by atoms with van der Waals surface area (Å²) in [6, 6.07) is 11.4. The van der Waals surface area contributed by atoms with E-state index in [0.29, 0.717) is 10.6 Å². The largest absolute Gasteiger partial charge is 0.362 e. The highest BCUT2D eigenvalue weighted by molar-refractivity contribution is 8.19. The molecule has 23 heavy (non-hydrogen) atoms. The highest BCUT2D eigenvalue weighted by Gasteiger charge is 2.36. The molecule has 0 aliphatic carbocycles. The number of unbranched alkanes of at least 4 members (excludes halogenated alkanes) is 1. The second-order valence-corrected chi connectivity index (χ2v) is 6.41. The number of amides is 2. The quantitative estimate of drug-likeness (QED) is 0.817. The van der Waals surface area contributed by atoms with Crippen LogP contribution in [-0.4, -0.2) is 16.1 Å². The summed E-state index contributed by atoms with van der Waals surface area (Å²) in [6.07, 6.45) is 6.80. The van der Waals surface area contributed by atoms with E-state index in [-0.39, 0.29) is 11.1 Å². The van der Waals surface area contributed by atoms with Gasteiger partial charge in [0.05, 0.1) is 10.6 Å². The predicted molar refractivity (Wildman–Crippen MR) is 94.3 cm³/mol. The van der Waals surface area contributed by atoms with Gasteiger partial charge in [-0.2, -0.15) is 0 Å². The molecule has 1 aromatic carbocycles. The third-order valence-corrected chi connectivity index (χ3v) is 4.59. The first kappa shape index (κ1) is 15.6. The van der Waals surface area contributed by atoms with Crippen LogP contribution in [0.5, 0.6) is 0 Å². The summed E-state index contributed by atoms with van der Waals surface area (Å²) in [5.41, 5.74) is 2.66. The number of aromatic nitrogens is 1. The molecule has 5 heteroatoms. The fourth-order valence-corrected chi connectivity index (χ4v) is 3.29. The minimum absolute atomic E-state index is 0.255. The first-order valence-electron chi connectivity index (χ1n) is 7.69. The van der Waals surface area contributed by atoms with Crippen molar-refractivity contribution < 1.29 is 9.59 Å². The third kappa shape index (κ3) is 3.40. The SMILES string of the molecule is CCCCc1ccc(N2C(=O)S/C(=C/c3ccc[nH]3)C2=O)cc1. The van der Waals surface area contributed by atoms with Crippen LogP contribution in [0.15, 0.2) is 47.5 Å². The Morgan fingerprint density at radius 3 is 2.61 bits per heavy atom. The Labute approximate surface area is 139 Å². The van der Waals surface area contributed by atoms with Crippen molar-refractivity contribution in [1.29, 1.82) is 0 Å². The van der Waals surface area contributed by atoms with E-state index in [0.717, 1.165) is 36.7 Å². The average molecular weight is 326 g/mol. The van der Waals surface area contributed by atoms with Crippen LogP contribution in [0.1, 0.15) is 31.0 Å². The zero-order valence-electron chi connectivity index (χ0n) is 12.9. The van der Waals surface area contributed by atoms with Crippen LogP contribution in [0.25, 0.3) is 6.08 Å². The Hall–Kier alpha value is -2.27. The second kappa shape index (κ2) is 6.87. The summed E-state index contributed by atoms with van der Waals surface area (Å²) in [5.74, 6) is -0.268. The molecule has 0 radical (unpaired) electrons. The second-order valence-electron chi connectivity index (χ2n) is 5.41. The van der Waals surface area contributed by atoms with Gasteiger partial charge in [0.2, 0.25) is 0 Å². The molecular formula is C18H18N2O2S. The van der Waals surface area contributed by atoms with Gasteiger partial charge in [-0.1, -0.05) is 25.5 Å². The molecule has 1 fully saturated rings. The Morgan fingerprint density at radius 2 is 1.96 bits per heavy atom. The van der Waals surface area contributed by atoms with Gasteiger partial charge in [0, 0.05) is 11.9 Å². The number of H-pyrrole nitrogens is 1. The van der Waals surface area contributed by atoms with Crippen molar-refractivity contribution in [3.8, 4) is 0 Å². The van der Waals surface area contributed by atoms with Crippen molar-refractivity contribution in [2.45, 2.75) is 26.2 Å². The molecule has 118 valence electrons. The van der Waals surface area contributed by atoms with Crippen molar-refractivity contribution in [3.05, 3.63) is 58.8 Å². The summed E-state index contributed by atoms with van der Waals surface area (Å²) in [5, 5.41) is -0.255. The highest BCUT2D eigenvalue weighted by Crippen LogP contribution is 2.35. The first-order valence-corrected chi connectivity index (χ1v) is 8.51. The molecule has 2 amide bonds. The van der Waals surface area contributed by atoms with E-state index in [9.17, 15) is 9.59 Å². The maximum absolute atomic E-state index is 12.5. The Kier molecular flexibility index (Phi) is 4.67. The van der Waals surface area contributed by atoms with Crippen LogP contribution < -0.4 is 4.90 Å². The zero-order valence-corrected chi connectivity index (χ0v) is 13.7. The van der Waals surface area contributed by atoms with Crippen molar-refractivity contribution in [3.63, 3.8) is 0 Å². The van der Waals surface area contributed by atoms with Gasteiger partial charge in [0.1, 0.15) is 0 Å². The predicted octanol–water partition coefficient (Wildman–Crippen LogP) is 4.60. The molecule has 1 aromatic heterocycles. The summed E-state index contributed by atoms with van der Waals surface area (Å²) in [7, 11) is 0. The standard InChI is InChI=1S/C18H18N2O2S/c1-2-3-5-13-7-9-15(10-8-13)20-17(21)16(23-18(20)22)12-14-6-4-11-19-14/h4,6-12,19H,2-3,5H2,1H3/b16-12+. The molecule has 0 unspecified atom stereocenters. The third-order valence-electron chi connectivity index (χ3n) is 3.72. The van der Waals surface area contributed by atoms with Gasteiger partial charge < -0.3 is 4.98 Å². The van der Waals surface area contributed by atoms with Crippen LogP contribution in [0.3, 0.4) is 0 Å². The molecule has 1 N–H and O–H groups in total. The van der Waals surface area contributed by atoms with Gasteiger partial charge in [-0.05, 0) is 60.5 Å². The van der Waals surface area contributed by atoms with E-state index in [1.54, 1.807) is 12.3 Å². The summed E-state index contributed by atoms with van der Waals surface area (Å²) in [6.45, 7) is 2.16. The number of hydrogen-bond donors (Lipinski definition) is 1. The number of anilines is 1. The highest BCUT2D eigenvalue weighted by atomic mass is 32.2. The van der Waals surface area contributed by atoms with Crippen molar-refractivity contribution >= 4 is 34.7 Å². The number of imide groups is 1. The van der Waals surface area contributed by atoms with E-state index in [1.165, 1.54) is 10.5 Å². The fourth-order valence-electron chi connectivity index (χ4n) is 2.46. The maximum Gasteiger partial charge on any atom is 0.298 e. The minimum atomic E-state index is -0.268. The van der Waals surface area contributed by atoms with Crippen molar-refractivity contribution in [1.82, 2.24) is 4.98 Å². The topological polar surface area (TPSA) is 53.2 Å². The van der Waals surface area contributed by atoms with Gasteiger partial charge in [-0.3, -0.25) is 9.59 Å². The van der Waals surface area contributed by atoms with Crippen LogP contribution in [0, 0.1) is 0 Å². The number of nitrogens with one attached hydrogen (secondary N) is 1. The van der Waals surface area contributed by atoms with E-state index in [2.05, 4.69) is 11.9 Å². The van der Waals surface area contributed by atoms with Gasteiger partial charge in [-0.25, -0.2) is 4.90 Å². The monoisotopic (exact) mass is 326 g/mol. The molecule has 2 heterocycles. The van der Waals surface area contributed by atoms with Crippen molar-refractivity contribution in [2.24, 2.45) is 0 Å². The molecule has 0 spiro atoms. The normalized spacial score (nSPS) is 16.6. The molecule has 0 saturated carbocycles. The summed E-state index contributed by atoms with van der Waals surface area (Å²) in [4.78, 5) is 29.4. The van der Waals surface area contributed by atoms with Crippen molar-refractivity contribution in [2.75, 3.05) is 4.90 Å². The molecule has 0 bridgehead atoms. The lowest BCUT2D eigenvalue weighted by Crippen LogP contribution is -2.27. The number of thioether (sulfide) groups is 1. The van der Waals surface area contributed by atoms with E-state index in [1.807, 2.05) is 36.4 Å². The Bertz CT molecular complexity index is 733. The number of rotatable bonds is 5. The number of benzene rings is 1. The molecule has 1 aliphatic heterocycles. The van der Waals surface area contributed by atoms with Gasteiger partial charge in [0.15, 0.2) is 0 Å². The molecular weight excluding hydrogens is 308 g/mol. The lowest BCUT2D eigenvalue weighted by molar-refractivity contribution is -0.113. The lowest BCUT2D eigenvalue weighted by Gasteiger charge is -2.13. The summed E-state index contributed by atoms with van der Waals surface area (Å²) < 4.78 is 0. The minimum Gasteiger partial charge on any atom is -0.362 e. The van der Waals surface area contributed by atoms with Gasteiger partial charge >= 0.3 is 0 Å². The molecule has 3 rings (SSSR count). The van der Waals surface area contributed by atoms with Crippen LogP contribution in [0.4, 0.5) is 10.5 Å². The lowest BCUT2D eigenvalue weighted by atomic mass is 10.1. The van der Waals surface area contributed by atoms with E-state index in [4.69, 9.17) is 0 Å². The van der Waals surface area contributed by atoms with Crippen LogP contribution in [-0.2, 0) is 11.2 Å². The Morgan fingerprint density at radius 1 is 1.17 bits per heavy atom. The molecule has 0 atom stereocenters. The van der Waals surface area contributed by atoms with E-state index < -0.39 is 0 Å². The maximum atomic E-state index is 12.5. The zero-order chi connectivity index (χ0) is 16.2. The van der Waals surface area contributed by atoms with Crippen LogP contribution in [0.2, 0.25) is 0 Å². The van der Waals surface area contributed by atoms with Gasteiger partial charge in [-0.15, -0.1) is 0 Å². The number of aromatic amines is 1. The number of aryl methyl sites for hydroxylation is 1. The molecule has 4 nitrogen and oxygen atoms in total. The molecule has 1 saturated heterocycles. The van der Waals surface area contributed by atoms with Crippen LogP contribution >= 0.6 is 11.8 Å². The smallest absolute Gasteiger partial charge is 0.298 e. The fraction of sp³-hybridized carbons (Fsp3) is 0.222. The number of nitrogens with zero attached hydrogens (tertiary/aromatic N) is 1. The first-order chi connectivity index (χ1) is 11.2. The summed E-state index contributed by atoms with van der Waals surface area (Å²) >= 11 is 0.971. The van der Waals surface area contributed by atoms with E-state index >= 15 is 0 Å². The molecule has 2 aromatic rings. The average Bonchev–Trinajstić information content (AvgIpc) is 3.15. The molecule has 1 aliphatic rings. The number of hydrogen-bond acceptors (Lipinski definition) is 3. The Balaban J connectivity index is 1.80. The van der Waals surface area contributed by atoms with Gasteiger partial charge in [0.25, 0.3) is 11.1 Å². The number of carbonyl (C=O) groups excluding carboxylic acids is 2. The number of carbonyl (C=O) groups is 2.